The summed E-state index contributed by atoms with van der Waals surface area (Å²) in [6.45, 7) is 1.69. The van der Waals surface area contributed by atoms with Gasteiger partial charge in [0, 0.05) is 6.07 Å². The number of benzene rings is 2. The maximum Gasteiger partial charge on any atom is 0.343 e. The second-order valence-corrected chi connectivity index (χ2v) is 6.66. The number of ether oxygens (including phenoxy) is 3. The van der Waals surface area contributed by atoms with E-state index in [4.69, 9.17) is 13.9 Å². The Morgan fingerprint density at radius 2 is 1.97 bits per heavy atom. The van der Waals surface area contributed by atoms with Gasteiger partial charge in [-0.25, -0.2) is 9.48 Å². The van der Waals surface area contributed by atoms with Crippen molar-refractivity contribution in [3.05, 3.63) is 76.9 Å². The number of methoxy groups -OCH3 is 1. The molecule has 2 aromatic heterocycles. The van der Waals surface area contributed by atoms with Crippen LogP contribution in [-0.2, 0) is 16.0 Å². The summed E-state index contributed by atoms with van der Waals surface area (Å²) in [7, 11) is 1.29. The lowest BCUT2D eigenvalue weighted by Gasteiger charge is -2.11. The Bertz CT molecular complexity index is 1280. The van der Waals surface area contributed by atoms with Gasteiger partial charge in [-0.1, -0.05) is 25.1 Å². The Kier molecular flexibility index (Phi) is 5.70. The minimum absolute atomic E-state index is 0.0467. The molecule has 0 aliphatic heterocycles. The van der Waals surface area contributed by atoms with Crippen LogP contribution in [0.2, 0.25) is 0 Å². The second kappa shape index (κ2) is 8.74. The zero-order chi connectivity index (χ0) is 21.8. The molecule has 8 heteroatoms. The number of aryl methyl sites for hydroxylation is 1. The summed E-state index contributed by atoms with van der Waals surface area (Å²) in [6.07, 6.45) is 5.05. The molecule has 0 spiro atoms. The van der Waals surface area contributed by atoms with Gasteiger partial charge in [-0.3, -0.25) is 4.79 Å². The number of aromatic nitrogens is 2. The van der Waals surface area contributed by atoms with Gasteiger partial charge < -0.3 is 18.6 Å². The maximum atomic E-state index is 13.0. The normalized spacial score (nSPS) is 10.8. The first-order valence-corrected chi connectivity index (χ1v) is 9.65. The lowest BCUT2D eigenvalue weighted by molar-refractivity contribution is -0.142. The predicted molar refractivity (Wildman–Crippen MR) is 113 cm³/mol. The largest absolute Gasteiger partial charge is 0.481 e. The van der Waals surface area contributed by atoms with Gasteiger partial charge in [0.15, 0.2) is 12.4 Å². The molecule has 0 aliphatic carbocycles. The van der Waals surface area contributed by atoms with Gasteiger partial charge in [-0.2, -0.15) is 5.10 Å². The number of carbonyl (C=O) groups is 1. The molecule has 0 saturated heterocycles. The van der Waals surface area contributed by atoms with E-state index in [1.165, 1.54) is 19.6 Å². The first-order chi connectivity index (χ1) is 15.1. The quantitative estimate of drug-likeness (QED) is 0.419. The Morgan fingerprint density at radius 3 is 2.71 bits per heavy atom. The molecular weight excluding hydrogens is 400 g/mol. The van der Waals surface area contributed by atoms with Crippen LogP contribution in [0.15, 0.2) is 70.3 Å². The standard InChI is InChI=1S/C23H20N2O6/c1-3-15-9-18-20(10-19(15)30-14-22(26)28-2)29-13-21(23(18)27)31-17-11-24-25(12-17)16-7-5-4-6-8-16/h4-13H,3,14H2,1-2H3. The van der Waals surface area contributed by atoms with E-state index in [1.807, 2.05) is 37.3 Å². The Hall–Kier alpha value is -4.07. The van der Waals surface area contributed by atoms with Crippen LogP contribution >= 0.6 is 0 Å². The van der Waals surface area contributed by atoms with Crippen molar-refractivity contribution in [3.63, 3.8) is 0 Å². The maximum absolute atomic E-state index is 13.0. The highest BCUT2D eigenvalue weighted by atomic mass is 16.6. The zero-order valence-electron chi connectivity index (χ0n) is 17.0. The van der Waals surface area contributed by atoms with Gasteiger partial charge in [0.2, 0.25) is 11.2 Å². The SMILES string of the molecule is CCc1cc2c(=O)c(Oc3cnn(-c4ccccc4)c3)coc2cc1OCC(=O)OC. The fourth-order valence-electron chi connectivity index (χ4n) is 3.07. The van der Waals surface area contributed by atoms with Crippen LogP contribution < -0.4 is 14.9 Å². The third kappa shape index (κ3) is 4.28. The molecule has 4 aromatic rings. The first-order valence-electron chi connectivity index (χ1n) is 9.65. The minimum atomic E-state index is -0.497. The van der Waals surface area contributed by atoms with Crippen LogP contribution in [0.3, 0.4) is 0 Å². The summed E-state index contributed by atoms with van der Waals surface area (Å²) < 4.78 is 23.1. The van der Waals surface area contributed by atoms with Crippen LogP contribution in [-0.4, -0.2) is 29.5 Å². The van der Waals surface area contributed by atoms with E-state index < -0.39 is 5.97 Å². The van der Waals surface area contributed by atoms with Gasteiger partial charge in [-0.05, 0) is 30.2 Å². The highest BCUT2D eigenvalue weighted by Crippen LogP contribution is 2.28. The third-order valence-corrected chi connectivity index (χ3v) is 4.69. The molecule has 0 fully saturated rings. The fraction of sp³-hybridized carbons (Fsp3) is 0.174. The van der Waals surface area contributed by atoms with Gasteiger partial charge in [0.05, 0.1) is 30.6 Å². The van der Waals surface area contributed by atoms with Crippen molar-refractivity contribution in [2.45, 2.75) is 13.3 Å². The number of rotatable bonds is 7. The lowest BCUT2D eigenvalue weighted by Crippen LogP contribution is -2.13. The summed E-state index contributed by atoms with van der Waals surface area (Å²) in [5, 5.41) is 4.62. The number of fused-ring (bicyclic) bond motifs is 1. The van der Waals surface area contributed by atoms with Crippen molar-refractivity contribution in [3.8, 4) is 22.9 Å². The van der Waals surface area contributed by atoms with Gasteiger partial charge in [-0.15, -0.1) is 0 Å². The Balaban J connectivity index is 1.63. The van der Waals surface area contributed by atoms with Crippen molar-refractivity contribution in [2.24, 2.45) is 0 Å². The molecule has 0 atom stereocenters. The van der Waals surface area contributed by atoms with Crippen LogP contribution in [0.4, 0.5) is 0 Å². The Labute approximate surface area is 177 Å². The summed E-state index contributed by atoms with van der Waals surface area (Å²) in [5.74, 6) is 0.416. The Morgan fingerprint density at radius 1 is 1.16 bits per heavy atom. The second-order valence-electron chi connectivity index (χ2n) is 6.66. The molecule has 0 N–H and O–H groups in total. The number of esters is 1. The van der Waals surface area contributed by atoms with Crippen molar-refractivity contribution in [1.82, 2.24) is 9.78 Å². The van der Waals surface area contributed by atoms with Crippen molar-refractivity contribution in [1.29, 1.82) is 0 Å². The van der Waals surface area contributed by atoms with Crippen molar-refractivity contribution < 1.29 is 23.4 Å². The minimum Gasteiger partial charge on any atom is -0.481 e. The molecule has 31 heavy (non-hydrogen) atoms. The molecule has 0 amide bonds. The number of hydrogen-bond donors (Lipinski definition) is 0. The van der Waals surface area contributed by atoms with E-state index in [2.05, 4.69) is 9.84 Å². The van der Waals surface area contributed by atoms with E-state index in [9.17, 15) is 9.59 Å². The molecule has 2 aromatic carbocycles. The number of hydrogen-bond acceptors (Lipinski definition) is 7. The van der Waals surface area contributed by atoms with E-state index in [1.54, 1.807) is 23.0 Å². The summed E-state index contributed by atoms with van der Waals surface area (Å²) in [5.41, 5.74) is 1.64. The monoisotopic (exact) mass is 420 g/mol. The topological polar surface area (TPSA) is 92.8 Å². The predicted octanol–water partition coefficient (Wildman–Crippen LogP) is 3.89. The molecular formula is C23H20N2O6. The van der Waals surface area contributed by atoms with Crippen molar-refractivity contribution in [2.75, 3.05) is 13.7 Å². The molecule has 0 radical (unpaired) electrons. The van der Waals surface area contributed by atoms with Crippen LogP contribution in [0.5, 0.6) is 17.2 Å². The van der Waals surface area contributed by atoms with Crippen LogP contribution in [0.1, 0.15) is 12.5 Å². The summed E-state index contributed by atoms with van der Waals surface area (Å²) in [6, 6.07) is 12.8. The summed E-state index contributed by atoms with van der Waals surface area (Å²) in [4.78, 5) is 24.3. The van der Waals surface area contributed by atoms with Crippen LogP contribution in [0, 0.1) is 0 Å². The highest BCUT2D eigenvalue weighted by molar-refractivity contribution is 5.81. The molecule has 8 nitrogen and oxygen atoms in total. The van der Waals surface area contributed by atoms with E-state index in [0.29, 0.717) is 28.9 Å². The van der Waals surface area contributed by atoms with Gasteiger partial charge >= 0.3 is 5.97 Å². The molecule has 0 bridgehead atoms. The molecule has 2 heterocycles. The molecule has 158 valence electrons. The third-order valence-electron chi connectivity index (χ3n) is 4.69. The first kappa shape index (κ1) is 20.2. The number of nitrogens with zero attached hydrogens (tertiary/aromatic N) is 2. The average molecular weight is 420 g/mol. The smallest absolute Gasteiger partial charge is 0.343 e. The van der Waals surface area contributed by atoms with Gasteiger partial charge in [0.1, 0.15) is 17.6 Å². The molecule has 4 rings (SSSR count). The molecule has 0 aliphatic rings. The zero-order valence-corrected chi connectivity index (χ0v) is 17.0. The van der Waals surface area contributed by atoms with E-state index >= 15 is 0 Å². The average Bonchev–Trinajstić information content (AvgIpc) is 3.28. The van der Waals surface area contributed by atoms with Crippen molar-refractivity contribution >= 4 is 16.9 Å². The molecule has 0 saturated carbocycles. The molecule has 0 unspecified atom stereocenters. The number of carbonyl (C=O) groups excluding carboxylic acids is 1. The lowest BCUT2D eigenvalue weighted by atomic mass is 10.1. The van der Waals surface area contributed by atoms with E-state index in [0.717, 1.165) is 11.3 Å². The summed E-state index contributed by atoms with van der Waals surface area (Å²) >= 11 is 0. The van der Waals surface area contributed by atoms with Gasteiger partial charge in [0.25, 0.3) is 0 Å². The van der Waals surface area contributed by atoms with E-state index in [-0.39, 0.29) is 17.8 Å². The fourth-order valence-corrected chi connectivity index (χ4v) is 3.07. The van der Waals surface area contributed by atoms with Crippen LogP contribution in [0.25, 0.3) is 16.7 Å². The number of para-hydroxylation sites is 1. The highest BCUT2D eigenvalue weighted by Gasteiger charge is 2.15.